The molecule has 1 atom stereocenters. The molecule has 0 saturated carbocycles. The maximum atomic E-state index is 12.6. The van der Waals surface area contributed by atoms with Crippen molar-refractivity contribution in [3.05, 3.63) is 36.1 Å². The number of carbonyl (C=O) groups excluding carboxylic acids is 5. The van der Waals surface area contributed by atoms with Crippen LogP contribution in [-0.4, -0.2) is 59.6 Å². The zero-order valence-corrected chi connectivity index (χ0v) is 13.7. The number of hydrogen-bond donors (Lipinski definition) is 3. The van der Waals surface area contributed by atoms with E-state index < -0.39 is 29.7 Å². The lowest BCUT2D eigenvalue weighted by Crippen LogP contribution is -2.54. The summed E-state index contributed by atoms with van der Waals surface area (Å²) >= 11 is 0. The van der Waals surface area contributed by atoms with E-state index in [-0.39, 0.29) is 36.2 Å². The molecule has 2 aliphatic heterocycles. The van der Waals surface area contributed by atoms with Gasteiger partial charge in [0.1, 0.15) is 12.3 Å². The van der Waals surface area contributed by atoms with Crippen molar-refractivity contribution in [3.8, 4) is 0 Å². The van der Waals surface area contributed by atoms with Crippen LogP contribution in [-0.2, 0) is 24.0 Å². The molecule has 2 aliphatic rings. The Kier molecular flexibility index (Phi) is 6.94. The van der Waals surface area contributed by atoms with Crippen LogP contribution in [0.15, 0.2) is 36.1 Å². The number of nitrogens with zero attached hydrogens (tertiary/aromatic N) is 1. The third-order valence-electron chi connectivity index (χ3n) is 3.58. The zero-order chi connectivity index (χ0) is 19.1. The van der Waals surface area contributed by atoms with Gasteiger partial charge in [-0.3, -0.25) is 29.4 Å². The van der Waals surface area contributed by atoms with Crippen LogP contribution in [0.25, 0.3) is 0 Å². The standard InChI is InChI=1S/C15H15N3O5.CH4O/c1-3-9(16-6-7-19)12-8(2)14(22)18(15(12)23)10-4-5-11(20)17-13(10)21;1-2/h3,7,10,16H,1-2,4-6H2,(H,17,20,21);2H,1H3/b12-9-;. The quantitative estimate of drug-likeness (QED) is 0.314. The topological polar surface area (TPSA) is 133 Å². The molecule has 2 rings (SSSR count). The fourth-order valence-corrected chi connectivity index (χ4v) is 2.50. The molecule has 2 heterocycles. The number of aldehydes is 1. The third kappa shape index (κ3) is 3.89. The number of aliphatic hydroxyl groups excluding tert-OH is 1. The molecule has 0 aromatic rings. The monoisotopic (exact) mass is 349 g/mol. The van der Waals surface area contributed by atoms with Crippen LogP contribution in [0.4, 0.5) is 0 Å². The van der Waals surface area contributed by atoms with Crippen LogP contribution in [0.2, 0.25) is 0 Å². The molecule has 0 aromatic carbocycles. The van der Waals surface area contributed by atoms with Crippen molar-refractivity contribution < 1.29 is 29.1 Å². The highest BCUT2D eigenvalue weighted by molar-refractivity contribution is 6.26. The van der Waals surface area contributed by atoms with E-state index in [1.165, 1.54) is 6.08 Å². The molecule has 9 nitrogen and oxygen atoms in total. The minimum Gasteiger partial charge on any atom is -0.400 e. The molecule has 0 radical (unpaired) electrons. The van der Waals surface area contributed by atoms with Gasteiger partial charge in [-0.2, -0.15) is 0 Å². The SMILES string of the molecule is C=C/C(NCC=O)=C1\C(=C)C(=O)N(C2CCC(=O)NC2=O)C1=O.CO. The van der Waals surface area contributed by atoms with Crippen LogP contribution in [0.5, 0.6) is 0 Å². The molecule has 0 spiro atoms. The fraction of sp³-hybridized carbons (Fsp3) is 0.312. The summed E-state index contributed by atoms with van der Waals surface area (Å²) in [6.07, 6.45) is 1.99. The third-order valence-corrected chi connectivity index (χ3v) is 3.58. The maximum Gasteiger partial charge on any atom is 0.264 e. The Bertz CT molecular complexity index is 679. The molecular formula is C16H19N3O6. The number of carbonyl (C=O) groups is 5. The summed E-state index contributed by atoms with van der Waals surface area (Å²) in [7, 11) is 1.00. The first-order chi connectivity index (χ1) is 11.9. The van der Waals surface area contributed by atoms with E-state index in [1.54, 1.807) is 0 Å². The first kappa shape index (κ1) is 20.0. The minimum absolute atomic E-state index is 0.0310. The van der Waals surface area contributed by atoms with Crippen LogP contribution >= 0.6 is 0 Å². The van der Waals surface area contributed by atoms with Gasteiger partial charge in [0.25, 0.3) is 11.8 Å². The number of imide groups is 2. The lowest BCUT2D eigenvalue weighted by Gasteiger charge is -2.27. The number of amides is 4. The summed E-state index contributed by atoms with van der Waals surface area (Å²) in [5.74, 6) is -2.55. The average molecular weight is 349 g/mol. The van der Waals surface area contributed by atoms with E-state index in [1.807, 2.05) is 0 Å². The summed E-state index contributed by atoms with van der Waals surface area (Å²) in [5.41, 5.74) is 0.0693. The van der Waals surface area contributed by atoms with Gasteiger partial charge in [-0.05, 0) is 12.5 Å². The number of likely N-dealkylation sites (tertiary alicyclic amines) is 1. The molecule has 0 aromatic heterocycles. The lowest BCUT2D eigenvalue weighted by molar-refractivity contribution is -0.149. The second-order valence-electron chi connectivity index (χ2n) is 4.97. The second kappa shape index (κ2) is 8.69. The Morgan fingerprint density at radius 3 is 2.48 bits per heavy atom. The highest BCUT2D eigenvalue weighted by atomic mass is 16.2. The molecule has 1 unspecified atom stereocenters. The minimum atomic E-state index is -1.06. The predicted molar refractivity (Wildman–Crippen MR) is 86.6 cm³/mol. The Morgan fingerprint density at radius 2 is 1.96 bits per heavy atom. The number of piperidine rings is 1. The smallest absolute Gasteiger partial charge is 0.264 e. The Balaban J connectivity index is 0.00000151. The van der Waals surface area contributed by atoms with Gasteiger partial charge in [0.15, 0.2) is 0 Å². The lowest BCUT2D eigenvalue weighted by atomic mass is 10.0. The first-order valence-corrected chi connectivity index (χ1v) is 7.32. The number of aliphatic hydroxyl groups is 1. The maximum absolute atomic E-state index is 12.6. The highest BCUT2D eigenvalue weighted by Gasteiger charge is 2.46. The molecule has 3 N–H and O–H groups in total. The van der Waals surface area contributed by atoms with E-state index in [9.17, 15) is 24.0 Å². The number of nitrogens with one attached hydrogen (secondary N) is 2. The molecule has 134 valence electrons. The summed E-state index contributed by atoms with van der Waals surface area (Å²) < 4.78 is 0. The van der Waals surface area contributed by atoms with E-state index in [0.717, 1.165) is 12.0 Å². The highest BCUT2D eigenvalue weighted by Crippen LogP contribution is 2.30. The van der Waals surface area contributed by atoms with Crippen LogP contribution in [0, 0.1) is 0 Å². The Labute approximate surface area is 144 Å². The summed E-state index contributed by atoms with van der Waals surface area (Å²) in [6, 6.07) is -1.06. The Hall–Kier alpha value is -3.07. The number of hydrogen-bond acceptors (Lipinski definition) is 7. The summed E-state index contributed by atoms with van der Waals surface area (Å²) in [5, 5.41) is 11.8. The van der Waals surface area contributed by atoms with Crippen molar-refractivity contribution in [1.29, 1.82) is 0 Å². The molecule has 2 saturated heterocycles. The second-order valence-corrected chi connectivity index (χ2v) is 4.97. The summed E-state index contributed by atoms with van der Waals surface area (Å²) in [4.78, 5) is 59.2. The van der Waals surface area contributed by atoms with Crippen molar-refractivity contribution in [2.45, 2.75) is 18.9 Å². The predicted octanol–water partition coefficient (Wildman–Crippen LogP) is -1.45. The normalized spacial score (nSPS) is 22.1. The van der Waals surface area contributed by atoms with E-state index in [2.05, 4.69) is 23.8 Å². The van der Waals surface area contributed by atoms with Gasteiger partial charge in [-0.25, -0.2) is 0 Å². The van der Waals surface area contributed by atoms with Crippen molar-refractivity contribution >= 4 is 29.9 Å². The van der Waals surface area contributed by atoms with Crippen LogP contribution < -0.4 is 10.6 Å². The van der Waals surface area contributed by atoms with Gasteiger partial charge in [-0.15, -0.1) is 0 Å². The number of rotatable bonds is 5. The van der Waals surface area contributed by atoms with Crippen LogP contribution in [0.3, 0.4) is 0 Å². The molecule has 25 heavy (non-hydrogen) atoms. The van der Waals surface area contributed by atoms with Crippen LogP contribution in [0.1, 0.15) is 12.8 Å². The van der Waals surface area contributed by atoms with Crippen molar-refractivity contribution in [1.82, 2.24) is 15.5 Å². The van der Waals surface area contributed by atoms with Gasteiger partial charge in [0.05, 0.1) is 12.1 Å². The van der Waals surface area contributed by atoms with Gasteiger partial charge in [0.2, 0.25) is 11.8 Å². The van der Waals surface area contributed by atoms with E-state index in [4.69, 9.17) is 5.11 Å². The van der Waals surface area contributed by atoms with Gasteiger partial charge < -0.3 is 15.2 Å². The summed E-state index contributed by atoms with van der Waals surface area (Å²) in [6.45, 7) is 7.04. The largest absolute Gasteiger partial charge is 0.400 e. The van der Waals surface area contributed by atoms with Crippen molar-refractivity contribution in [2.75, 3.05) is 13.7 Å². The Morgan fingerprint density at radius 1 is 1.32 bits per heavy atom. The average Bonchev–Trinajstić information content (AvgIpc) is 2.81. The zero-order valence-electron chi connectivity index (χ0n) is 13.7. The molecule has 9 heteroatoms. The van der Waals surface area contributed by atoms with Crippen molar-refractivity contribution in [3.63, 3.8) is 0 Å². The molecule has 2 fully saturated rings. The first-order valence-electron chi connectivity index (χ1n) is 7.32. The van der Waals surface area contributed by atoms with E-state index >= 15 is 0 Å². The van der Waals surface area contributed by atoms with Gasteiger partial charge >= 0.3 is 0 Å². The van der Waals surface area contributed by atoms with E-state index in [0.29, 0.717) is 6.29 Å². The van der Waals surface area contributed by atoms with Gasteiger partial charge in [-0.1, -0.05) is 13.2 Å². The van der Waals surface area contributed by atoms with Gasteiger partial charge in [0, 0.05) is 24.8 Å². The fourth-order valence-electron chi connectivity index (χ4n) is 2.50. The molecule has 0 bridgehead atoms. The molecule has 0 aliphatic carbocycles. The molecular weight excluding hydrogens is 330 g/mol. The number of allylic oxidation sites excluding steroid dienone is 1. The molecule has 4 amide bonds. The van der Waals surface area contributed by atoms with Crippen molar-refractivity contribution in [2.24, 2.45) is 0 Å².